The highest BCUT2D eigenvalue weighted by atomic mass is 127. The number of methoxy groups -OCH3 is 1. The summed E-state index contributed by atoms with van der Waals surface area (Å²) in [7, 11) is -1.98. The first-order chi connectivity index (χ1) is 14.4. The van der Waals surface area contributed by atoms with Gasteiger partial charge in [-0.05, 0) is 36.8 Å². The first-order valence-corrected chi connectivity index (χ1v) is 11.5. The predicted molar refractivity (Wildman–Crippen MR) is 135 cm³/mol. The molecule has 0 aliphatic carbocycles. The average molecular weight is 559 g/mol. The molecule has 0 saturated carbocycles. The highest BCUT2D eigenvalue weighted by Gasteiger charge is 2.21. The van der Waals surface area contributed by atoms with E-state index in [9.17, 15) is 8.42 Å². The molecular weight excluding hydrogens is 529 g/mol. The van der Waals surface area contributed by atoms with Crippen molar-refractivity contribution in [2.24, 2.45) is 10.1 Å². The quantitative estimate of drug-likeness (QED) is 0.320. The largest absolute Gasteiger partial charge is 0.495 e. The van der Waals surface area contributed by atoms with Crippen LogP contribution in [0.1, 0.15) is 12.5 Å². The van der Waals surface area contributed by atoms with Crippen LogP contribution in [0.3, 0.4) is 0 Å². The predicted octanol–water partition coefficient (Wildman–Crippen LogP) is 2.25. The molecule has 8 nitrogen and oxygen atoms in total. The Balaban J connectivity index is 0.00000341. The Kier molecular flexibility index (Phi) is 9.38. The van der Waals surface area contributed by atoms with Gasteiger partial charge in [0.15, 0.2) is 5.96 Å². The standard InChI is InChI=1S/C21H29N5O3S.HI/c1-3-23-21(24-16-17-8-10-18(11-9-17)30(22,27)28)26-14-12-25(13-15-26)19-6-4-5-7-20(19)29-2;/h4-11H,3,12-16H2,1-2H3,(H,23,24)(H2,22,27,28);1H. The van der Waals surface area contributed by atoms with Crippen LogP contribution in [0.15, 0.2) is 58.4 Å². The lowest BCUT2D eigenvalue weighted by Crippen LogP contribution is -2.52. The van der Waals surface area contributed by atoms with Crippen LogP contribution < -0.4 is 20.1 Å². The number of piperazine rings is 1. The molecule has 170 valence electrons. The summed E-state index contributed by atoms with van der Waals surface area (Å²) in [4.78, 5) is 9.41. The van der Waals surface area contributed by atoms with Crippen molar-refractivity contribution in [3.8, 4) is 5.75 Å². The fraction of sp³-hybridized carbons (Fsp3) is 0.381. The molecule has 1 heterocycles. The SMILES string of the molecule is CCNC(=NCc1ccc(S(N)(=O)=O)cc1)N1CCN(c2ccccc2OC)CC1.I. The maximum atomic E-state index is 11.4. The molecule has 3 N–H and O–H groups in total. The molecule has 3 rings (SSSR count). The summed E-state index contributed by atoms with van der Waals surface area (Å²) in [6, 6.07) is 14.6. The number of sulfonamides is 1. The van der Waals surface area contributed by atoms with Crippen molar-refractivity contribution in [3.05, 3.63) is 54.1 Å². The lowest BCUT2D eigenvalue weighted by atomic mass is 10.2. The molecule has 1 fully saturated rings. The monoisotopic (exact) mass is 559 g/mol. The van der Waals surface area contributed by atoms with E-state index in [4.69, 9.17) is 14.9 Å². The summed E-state index contributed by atoms with van der Waals surface area (Å²) >= 11 is 0. The Morgan fingerprint density at radius 3 is 2.32 bits per heavy atom. The number of nitrogens with one attached hydrogen (secondary N) is 1. The van der Waals surface area contributed by atoms with Crippen molar-refractivity contribution in [3.63, 3.8) is 0 Å². The van der Waals surface area contributed by atoms with Crippen molar-refractivity contribution in [1.82, 2.24) is 10.2 Å². The van der Waals surface area contributed by atoms with E-state index in [0.717, 1.165) is 55.7 Å². The molecule has 0 unspecified atom stereocenters. The second-order valence-electron chi connectivity index (χ2n) is 7.01. The molecule has 1 saturated heterocycles. The Hall–Kier alpha value is -2.05. The lowest BCUT2D eigenvalue weighted by Gasteiger charge is -2.38. The fourth-order valence-electron chi connectivity index (χ4n) is 3.43. The van der Waals surface area contributed by atoms with Crippen LogP contribution in [0.5, 0.6) is 5.75 Å². The topological polar surface area (TPSA) is 100 Å². The number of guanidine groups is 1. The second-order valence-corrected chi connectivity index (χ2v) is 8.57. The lowest BCUT2D eigenvalue weighted by molar-refractivity contribution is 0.367. The number of hydrogen-bond donors (Lipinski definition) is 2. The van der Waals surface area contributed by atoms with Crippen LogP contribution in [0.2, 0.25) is 0 Å². The molecule has 0 bridgehead atoms. The average Bonchev–Trinajstić information content (AvgIpc) is 2.76. The van der Waals surface area contributed by atoms with Gasteiger partial charge in [-0.25, -0.2) is 18.5 Å². The number of para-hydroxylation sites is 2. The number of halogens is 1. The summed E-state index contributed by atoms with van der Waals surface area (Å²) < 4.78 is 28.3. The number of hydrogen-bond acceptors (Lipinski definition) is 5. The minimum atomic E-state index is -3.68. The first-order valence-electron chi connectivity index (χ1n) is 9.95. The molecule has 0 spiro atoms. The number of anilines is 1. The molecule has 10 heteroatoms. The second kappa shape index (κ2) is 11.5. The van der Waals surface area contributed by atoms with Crippen molar-refractivity contribution in [2.75, 3.05) is 44.7 Å². The van der Waals surface area contributed by atoms with E-state index < -0.39 is 10.0 Å². The summed E-state index contributed by atoms with van der Waals surface area (Å²) in [5.74, 6) is 1.74. The number of aliphatic imine (C=N–C) groups is 1. The summed E-state index contributed by atoms with van der Waals surface area (Å²) in [6.45, 7) is 6.70. The van der Waals surface area contributed by atoms with Gasteiger partial charge in [0.05, 0.1) is 24.2 Å². The smallest absolute Gasteiger partial charge is 0.238 e. The van der Waals surface area contributed by atoms with E-state index in [2.05, 4.69) is 21.2 Å². The van der Waals surface area contributed by atoms with Crippen LogP contribution in [0.4, 0.5) is 5.69 Å². The number of nitrogens with two attached hydrogens (primary N) is 1. The van der Waals surface area contributed by atoms with Gasteiger partial charge in [-0.3, -0.25) is 0 Å². The van der Waals surface area contributed by atoms with Gasteiger partial charge in [-0.15, -0.1) is 24.0 Å². The summed E-state index contributed by atoms with van der Waals surface area (Å²) in [5.41, 5.74) is 2.03. The third kappa shape index (κ3) is 6.71. The van der Waals surface area contributed by atoms with Gasteiger partial charge < -0.3 is 19.9 Å². The van der Waals surface area contributed by atoms with Gasteiger partial charge in [0.2, 0.25) is 10.0 Å². The van der Waals surface area contributed by atoms with Crippen LogP contribution in [-0.2, 0) is 16.6 Å². The molecule has 31 heavy (non-hydrogen) atoms. The van der Waals surface area contributed by atoms with Gasteiger partial charge >= 0.3 is 0 Å². The van der Waals surface area contributed by atoms with Gasteiger partial charge in [0.25, 0.3) is 0 Å². The van der Waals surface area contributed by atoms with E-state index in [1.807, 2.05) is 25.1 Å². The minimum Gasteiger partial charge on any atom is -0.495 e. The Morgan fingerprint density at radius 1 is 1.10 bits per heavy atom. The van der Waals surface area contributed by atoms with Gasteiger partial charge in [0.1, 0.15) is 5.75 Å². The van der Waals surface area contributed by atoms with Gasteiger partial charge in [-0.2, -0.15) is 0 Å². The van der Waals surface area contributed by atoms with E-state index in [1.165, 1.54) is 12.1 Å². The molecule has 0 atom stereocenters. The Labute approximate surface area is 201 Å². The van der Waals surface area contributed by atoms with Crippen molar-refractivity contribution in [1.29, 1.82) is 0 Å². The van der Waals surface area contributed by atoms with E-state index in [-0.39, 0.29) is 28.9 Å². The molecule has 0 radical (unpaired) electrons. The molecule has 2 aromatic rings. The maximum absolute atomic E-state index is 11.4. The zero-order chi connectivity index (χ0) is 21.6. The number of ether oxygens (including phenoxy) is 1. The molecule has 1 aliphatic heterocycles. The highest BCUT2D eigenvalue weighted by Crippen LogP contribution is 2.28. The third-order valence-electron chi connectivity index (χ3n) is 5.00. The van der Waals surface area contributed by atoms with Crippen molar-refractivity contribution in [2.45, 2.75) is 18.4 Å². The molecule has 0 amide bonds. The van der Waals surface area contributed by atoms with E-state index in [0.29, 0.717) is 6.54 Å². The number of rotatable bonds is 6. The van der Waals surface area contributed by atoms with E-state index >= 15 is 0 Å². The Morgan fingerprint density at radius 2 is 1.74 bits per heavy atom. The van der Waals surface area contributed by atoms with Crippen LogP contribution in [0.25, 0.3) is 0 Å². The molecular formula is C21H30IN5O3S. The third-order valence-corrected chi connectivity index (χ3v) is 5.93. The van der Waals surface area contributed by atoms with Crippen LogP contribution in [0, 0.1) is 0 Å². The summed E-state index contributed by atoms with van der Waals surface area (Å²) in [6.07, 6.45) is 0. The normalized spacial score (nSPS) is 14.7. The highest BCUT2D eigenvalue weighted by molar-refractivity contribution is 14.0. The molecule has 2 aromatic carbocycles. The van der Waals surface area contributed by atoms with Gasteiger partial charge in [-0.1, -0.05) is 24.3 Å². The maximum Gasteiger partial charge on any atom is 0.238 e. The van der Waals surface area contributed by atoms with Crippen LogP contribution in [-0.4, -0.2) is 59.1 Å². The Bertz CT molecular complexity index is 975. The zero-order valence-electron chi connectivity index (χ0n) is 17.8. The number of nitrogens with zero attached hydrogens (tertiary/aromatic N) is 3. The van der Waals surface area contributed by atoms with E-state index in [1.54, 1.807) is 19.2 Å². The van der Waals surface area contributed by atoms with Crippen molar-refractivity contribution >= 4 is 45.6 Å². The first kappa shape index (κ1) is 25.2. The van der Waals surface area contributed by atoms with Crippen molar-refractivity contribution < 1.29 is 13.2 Å². The molecule has 0 aromatic heterocycles. The minimum absolute atomic E-state index is 0. The zero-order valence-corrected chi connectivity index (χ0v) is 21.0. The summed E-state index contributed by atoms with van der Waals surface area (Å²) in [5, 5.41) is 8.51. The van der Waals surface area contributed by atoms with Crippen LogP contribution >= 0.6 is 24.0 Å². The number of benzene rings is 2. The molecule has 1 aliphatic rings. The fourth-order valence-corrected chi connectivity index (χ4v) is 3.94. The van der Waals surface area contributed by atoms with Gasteiger partial charge in [0, 0.05) is 32.7 Å². The number of primary sulfonamides is 1.